The number of hydrazone groups is 1. The number of hydrogen-bond acceptors (Lipinski definition) is 7. The van der Waals surface area contributed by atoms with Crippen LogP contribution in [0.1, 0.15) is 37.7 Å². The molecule has 0 saturated heterocycles. The van der Waals surface area contributed by atoms with Crippen molar-refractivity contribution < 1.29 is 27.5 Å². The monoisotopic (exact) mass is 578 g/mol. The minimum absolute atomic E-state index is 0.0559. The predicted molar refractivity (Wildman–Crippen MR) is 158 cm³/mol. The standard InChI is InChI=1S/C30H34N4O6S/c1-41(37,38)34(25-14-18-28(19-15-25)40-27-10-6-3-7-11-27)21-29(35)33-31-20-23-12-16-26(17-13-23)39-22-30(36)32-24-8-4-2-5-9-24/h3,6-7,10-20,24H,2,4-5,8-9,21-22H2,1H3,(H,32,36)(H,33,35)/b31-20-. The fourth-order valence-electron chi connectivity index (χ4n) is 4.36. The van der Waals surface area contributed by atoms with Gasteiger partial charge in [-0.05, 0) is 79.1 Å². The third kappa shape index (κ3) is 9.64. The lowest BCUT2D eigenvalue weighted by atomic mass is 9.95. The van der Waals surface area contributed by atoms with Crippen LogP contribution in [0.25, 0.3) is 0 Å². The van der Waals surface area contributed by atoms with E-state index < -0.39 is 22.5 Å². The number of sulfonamides is 1. The van der Waals surface area contributed by atoms with E-state index in [1.165, 1.54) is 12.6 Å². The average molecular weight is 579 g/mol. The molecule has 2 N–H and O–H groups in total. The summed E-state index contributed by atoms with van der Waals surface area (Å²) in [6.07, 6.45) is 8.00. The molecule has 1 aliphatic rings. The second-order valence-electron chi connectivity index (χ2n) is 9.73. The van der Waals surface area contributed by atoms with Gasteiger partial charge in [-0.3, -0.25) is 13.9 Å². The van der Waals surface area contributed by atoms with Gasteiger partial charge in [0.1, 0.15) is 23.8 Å². The number of ether oxygens (including phenoxy) is 2. The first kappa shape index (κ1) is 29.6. The number of rotatable bonds is 12. The number of amides is 2. The van der Waals surface area contributed by atoms with E-state index in [-0.39, 0.29) is 18.6 Å². The van der Waals surface area contributed by atoms with E-state index in [1.807, 2.05) is 30.3 Å². The summed E-state index contributed by atoms with van der Waals surface area (Å²) in [7, 11) is -3.75. The Bertz CT molecular complexity index is 1420. The Morgan fingerprint density at radius 3 is 2.17 bits per heavy atom. The summed E-state index contributed by atoms with van der Waals surface area (Å²) in [4.78, 5) is 24.6. The molecule has 1 saturated carbocycles. The maximum Gasteiger partial charge on any atom is 0.260 e. The molecule has 3 aromatic rings. The Balaban J connectivity index is 1.25. The maximum absolute atomic E-state index is 12.5. The lowest BCUT2D eigenvalue weighted by Gasteiger charge is -2.22. The molecule has 4 rings (SSSR count). The van der Waals surface area contributed by atoms with E-state index in [9.17, 15) is 18.0 Å². The van der Waals surface area contributed by atoms with Crippen LogP contribution in [0.4, 0.5) is 5.69 Å². The van der Waals surface area contributed by atoms with Gasteiger partial charge in [0.2, 0.25) is 10.0 Å². The van der Waals surface area contributed by atoms with Gasteiger partial charge in [-0.15, -0.1) is 0 Å². The molecule has 1 aliphatic carbocycles. The summed E-state index contributed by atoms with van der Waals surface area (Å²) in [6.45, 7) is -0.510. The summed E-state index contributed by atoms with van der Waals surface area (Å²) in [5, 5.41) is 6.94. The van der Waals surface area contributed by atoms with Crippen LogP contribution in [0, 0.1) is 0 Å². The fraction of sp³-hybridized carbons (Fsp3) is 0.300. The van der Waals surface area contributed by atoms with Crippen LogP contribution in [0.15, 0.2) is 84.0 Å². The molecule has 0 radical (unpaired) electrons. The molecule has 216 valence electrons. The second kappa shape index (κ2) is 14.3. The van der Waals surface area contributed by atoms with Crippen molar-refractivity contribution in [3.05, 3.63) is 84.4 Å². The van der Waals surface area contributed by atoms with Crippen molar-refractivity contribution in [3.63, 3.8) is 0 Å². The highest BCUT2D eigenvalue weighted by molar-refractivity contribution is 7.92. The van der Waals surface area contributed by atoms with Gasteiger partial charge in [0, 0.05) is 6.04 Å². The molecule has 0 heterocycles. The first-order chi connectivity index (χ1) is 19.8. The minimum atomic E-state index is -3.75. The number of nitrogens with one attached hydrogen (secondary N) is 2. The Labute approximate surface area is 240 Å². The number of para-hydroxylation sites is 1. The number of hydrogen-bond donors (Lipinski definition) is 2. The van der Waals surface area contributed by atoms with Gasteiger partial charge in [0.15, 0.2) is 6.61 Å². The largest absolute Gasteiger partial charge is 0.484 e. The number of carbonyl (C=O) groups is 2. The van der Waals surface area contributed by atoms with Crippen molar-refractivity contribution in [2.75, 3.05) is 23.7 Å². The summed E-state index contributed by atoms with van der Waals surface area (Å²) in [5.74, 6) is 0.970. The Kier molecular flexibility index (Phi) is 10.3. The van der Waals surface area contributed by atoms with Gasteiger partial charge in [-0.1, -0.05) is 37.5 Å². The lowest BCUT2D eigenvalue weighted by Crippen LogP contribution is -2.39. The molecule has 0 bridgehead atoms. The highest BCUT2D eigenvalue weighted by atomic mass is 32.2. The van der Waals surface area contributed by atoms with Gasteiger partial charge in [-0.2, -0.15) is 5.10 Å². The van der Waals surface area contributed by atoms with Crippen LogP contribution in [-0.4, -0.2) is 51.9 Å². The molecule has 0 atom stereocenters. The normalized spacial score (nSPS) is 13.9. The molecule has 10 nitrogen and oxygen atoms in total. The average Bonchev–Trinajstić information content (AvgIpc) is 2.96. The third-order valence-corrected chi connectivity index (χ3v) is 7.55. The number of benzene rings is 3. The molecule has 2 amide bonds. The number of nitrogens with zero attached hydrogens (tertiary/aromatic N) is 2. The van der Waals surface area contributed by atoms with Crippen molar-refractivity contribution in [2.24, 2.45) is 5.10 Å². The lowest BCUT2D eigenvalue weighted by molar-refractivity contribution is -0.124. The summed E-state index contributed by atoms with van der Waals surface area (Å²) in [6, 6.07) is 22.7. The molecular weight excluding hydrogens is 544 g/mol. The van der Waals surface area contributed by atoms with E-state index in [2.05, 4.69) is 15.8 Å². The van der Waals surface area contributed by atoms with Crippen molar-refractivity contribution in [3.8, 4) is 17.2 Å². The van der Waals surface area contributed by atoms with Crippen LogP contribution in [0.5, 0.6) is 17.2 Å². The molecule has 0 aliphatic heterocycles. The zero-order chi connectivity index (χ0) is 29.1. The van der Waals surface area contributed by atoms with E-state index in [1.54, 1.807) is 48.5 Å². The zero-order valence-electron chi connectivity index (χ0n) is 22.9. The molecule has 41 heavy (non-hydrogen) atoms. The van der Waals surface area contributed by atoms with Crippen LogP contribution in [0.2, 0.25) is 0 Å². The van der Waals surface area contributed by atoms with E-state index in [0.717, 1.165) is 36.2 Å². The van der Waals surface area contributed by atoms with E-state index >= 15 is 0 Å². The molecule has 11 heteroatoms. The highest BCUT2D eigenvalue weighted by Gasteiger charge is 2.21. The summed E-state index contributed by atoms with van der Waals surface area (Å²) >= 11 is 0. The summed E-state index contributed by atoms with van der Waals surface area (Å²) < 4.78 is 37.1. The van der Waals surface area contributed by atoms with Gasteiger partial charge in [0.25, 0.3) is 11.8 Å². The molecule has 0 unspecified atom stereocenters. The Morgan fingerprint density at radius 2 is 1.51 bits per heavy atom. The topological polar surface area (TPSA) is 126 Å². The van der Waals surface area contributed by atoms with Crippen LogP contribution >= 0.6 is 0 Å². The molecule has 1 fully saturated rings. The maximum atomic E-state index is 12.5. The van der Waals surface area contributed by atoms with Gasteiger partial charge < -0.3 is 14.8 Å². The van der Waals surface area contributed by atoms with E-state index in [4.69, 9.17) is 9.47 Å². The van der Waals surface area contributed by atoms with Gasteiger partial charge in [0.05, 0.1) is 18.2 Å². The van der Waals surface area contributed by atoms with Crippen molar-refractivity contribution in [2.45, 2.75) is 38.1 Å². The van der Waals surface area contributed by atoms with Gasteiger partial charge in [-0.25, -0.2) is 13.8 Å². The smallest absolute Gasteiger partial charge is 0.260 e. The summed E-state index contributed by atoms with van der Waals surface area (Å²) in [5.41, 5.74) is 3.35. The SMILES string of the molecule is CS(=O)(=O)N(CC(=O)N/N=C\c1ccc(OCC(=O)NC2CCCCC2)cc1)c1ccc(Oc2ccccc2)cc1. The van der Waals surface area contributed by atoms with Crippen molar-refractivity contribution in [1.82, 2.24) is 10.7 Å². The number of carbonyl (C=O) groups excluding carboxylic acids is 2. The first-order valence-electron chi connectivity index (χ1n) is 13.4. The Hall–Kier alpha value is -4.38. The molecular formula is C30H34N4O6S. The molecule has 0 aromatic heterocycles. The van der Waals surface area contributed by atoms with Crippen molar-refractivity contribution >= 4 is 33.7 Å². The highest BCUT2D eigenvalue weighted by Crippen LogP contribution is 2.25. The van der Waals surface area contributed by atoms with Crippen LogP contribution in [-0.2, 0) is 19.6 Å². The minimum Gasteiger partial charge on any atom is -0.484 e. The first-order valence-corrected chi connectivity index (χ1v) is 15.3. The quantitative estimate of drug-likeness (QED) is 0.245. The van der Waals surface area contributed by atoms with Crippen LogP contribution < -0.4 is 24.5 Å². The molecule has 0 spiro atoms. The molecule has 3 aromatic carbocycles. The van der Waals surface area contributed by atoms with Gasteiger partial charge >= 0.3 is 0 Å². The van der Waals surface area contributed by atoms with E-state index in [0.29, 0.717) is 28.5 Å². The third-order valence-electron chi connectivity index (χ3n) is 6.41. The van der Waals surface area contributed by atoms with Crippen molar-refractivity contribution in [1.29, 1.82) is 0 Å². The van der Waals surface area contributed by atoms with Crippen LogP contribution in [0.3, 0.4) is 0 Å². The zero-order valence-corrected chi connectivity index (χ0v) is 23.7. The number of anilines is 1. The second-order valence-corrected chi connectivity index (χ2v) is 11.6. The fourth-order valence-corrected chi connectivity index (χ4v) is 5.22. The Morgan fingerprint density at radius 1 is 0.878 bits per heavy atom. The predicted octanol–water partition coefficient (Wildman–Crippen LogP) is 4.22.